The molecule has 1 heterocycles. The first kappa shape index (κ1) is 12.3. The van der Waals surface area contributed by atoms with E-state index in [2.05, 4.69) is 35.7 Å². The van der Waals surface area contributed by atoms with Crippen molar-refractivity contribution in [3.63, 3.8) is 0 Å². The van der Waals surface area contributed by atoms with Crippen LogP contribution >= 0.6 is 11.6 Å². The SMILES string of the molecule is C=Cc1ccc(Cl)cc1N1CCc2ccccc2C1. The predicted molar refractivity (Wildman–Crippen MR) is 82.7 cm³/mol. The second-order valence-electron chi connectivity index (χ2n) is 4.85. The van der Waals surface area contributed by atoms with Crippen LogP contribution in [0.5, 0.6) is 0 Å². The molecule has 0 aliphatic carbocycles. The third kappa shape index (κ3) is 2.39. The van der Waals surface area contributed by atoms with Gasteiger partial charge in [-0.15, -0.1) is 0 Å². The summed E-state index contributed by atoms with van der Waals surface area (Å²) in [6, 6.07) is 14.6. The Labute approximate surface area is 119 Å². The van der Waals surface area contributed by atoms with Gasteiger partial charge in [0.1, 0.15) is 0 Å². The third-order valence-corrected chi connectivity index (χ3v) is 3.92. The lowest BCUT2D eigenvalue weighted by molar-refractivity contribution is 0.731. The summed E-state index contributed by atoms with van der Waals surface area (Å²) in [5.74, 6) is 0. The normalized spacial score (nSPS) is 14.1. The Morgan fingerprint density at radius 2 is 1.89 bits per heavy atom. The van der Waals surface area contributed by atoms with Crippen LogP contribution in [-0.4, -0.2) is 6.54 Å². The molecule has 0 N–H and O–H groups in total. The van der Waals surface area contributed by atoms with Crippen LogP contribution in [0, 0.1) is 0 Å². The van der Waals surface area contributed by atoms with Crippen molar-refractivity contribution in [3.05, 3.63) is 70.8 Å². The molecule has 0 amide bonds. The molecule has 2 aromatic rings. The van der Waals surface area contributed by atoms with E-state index in [0.717, 1.165) is 30.1 Å². The van der Waals surface area contributed by atoms with Crippen LogP contribution < -0.4 is 4.90 Å². The van der Waals surface area contributed by atoms with Crippen LogP contribution in [0.3, 0.4) is 0 Å². The molecular formula is C17H16ClN. The van der Waals surface area contributed by atoms with E-state index in [1.165, 1.54) is 16.8 Å². The third-order valence-electron chi connectivity index (χ3n) is 3.68. The number of nitrogens with zero attached hydrogens (tertiary/aromatic N) is 1. The first-order valence-electron chi connectivity index (χ1n) is 6.51. The lowest BCUT2D eigenvalue weighted by atomic mass is 9.99. The summed E-state index contributed by atoms with van der Waals surface area (Å²) < 4.78 is 0. The van der Waals surface area contributed by atoms with E-state index in [-0.39, 0.29) is 0 Å². The van der Waals surface area contributed by atoms with Gasteiger partial charge in [-0.05, 0) is 35.2 Å². The van der Waals surface area contributed by atoms with E-state index in [0.29, 0.717) is 0 Å². The maximum Gasteiger partial charge on any atom is 0.0457 e. The molecule has 1 aliphatic heterocycles. The van der Waals surface area contributed by atoms with E-state index in [9.17, 15) is 0 Å². The van der Waals surface area contributed by atoms with Gasteiger partial charge in [-0.2, -0.15) is 0 Å². The van der Waals surface area contributed by atoms with E-state index < -0.39 is 0 Å². The first-order valence-corrected chi connectivity index (χ1v) is 6.89. The molecule has 1 nitrogen and oxygen atoms in total. The summed E-state index contributed by atoms with van der Waals surface area (Å²) in [5, 5.41) is 0.777. The molecule has 0 saturated heterocycles. The molecule has 0 unspecified atom stereocenters. The Morgan fingerprint density at radius 3 is 2.68 bits per heavy atom. The lowest BCUT2D eigenvalue weighted by Crippen LogP contribution is -2.30. The van der Waals surface area contributed by atoms with Crippen LogP contribution in [0.4, 0.5) is 5.69 Å². The largest absolute Gasteiger partial charge is 0.366 e. The maximum absolute atomic E-state index is 6.13. The van der Waals surface area contributed by atoms with Gasteiger partial charge in [0, 0.05) is 23.8 Å². The van der Waals surface area contributed by atoms with Gasteiger partial charge in [-0.25, -0.2) is 0 Å². The van der Waals surface area contributed by atoms with E-state index >= 15 is 0 Å². The van der Waals surface area contributed by atoms with Crippen molar-refractivity contribution in [1.82, 2.24) is 0 Å². The Bertz CT molecular complexity index is 618. The van der Waals surface area contributed by atoms with E-state index in [1.54, 1.807) is 0 Å². The highest BCUT2D eigenvalue weighted by molar-refractivity contribution is 6.30. The minimum atomic E-state index is 0.777. The second-order valence-corrected chi connectivity index (χ2v) is 5.28. The van der Waals surface area contributed by atoms with Gasteiger partial charge in [-0.3, -0.25) is 0 Å². The maximum atomic E-state index is 6.13. The van der Waals surface area contributed by atoms with Gasteiger partial charge in [-0.1, -0.05) is 54.6 Å². The highest BCUT2D eigenvalue weighted by Gasteiger charge is 2.17. The number of benzene rings is 2. The van der Waals surface area contributed by atoms with Gasteiger partial charge in [0.2, 0.25) is 0 Å². The molecular weight excluding hydrogens is 254 g/mol. The summed E-state index contributed by atoms with van der Waals surface area (Å²) in [6.07, 6.45) is 2.98. The number of hydrogen-bond acceptors (Lipinski definition) is 1. The molecule has 0 bridgehead atoms. The average Bonchev–Trinajstić information content (AvgIpc) is 2.46. The summed E-state index contributed by atoms with van der Waals surface area (Å²) in [4.78, 5) is 2.38. The van der Waals surface area contributed by atoms with Crippen LogP contribution in [-0.2, 0) is 13.0 Å². The zero-order chi connectivity index (χ0) is 13.2. The van der Waals surface area contributed by atoms with Crippen molar-refractivity contribution < 1.29 is 0 Å². The smallest absolute Gasteiger partial charge is 0.0457 e. The summed E-state index contributed by atoms with van der Waals surface area (Å²) in [6.45, 7) is 5.86. The van der Waals surface area contributed by atoms with E-state index in [4.69, 9.17) is 11.6 Å². The Hall–Kier alpha value is -1.73. The molecule has 2 heteroatoms. The standard InChI is InChI=1S/C17H16ClN/c1-2-13-7-8-16(18)11-17(13)19-10-9-14-5-3-4-6-15(14)12-19/h2-8,11H,1,9-10,12H2. The molecule has 2 aromatic carbocycles. The fraction of sp³-hybridized carbons (Fsp3) is 0.176. The Morgan fingerprint density at radius 1 is 1.11 bits per heavy atom. The number of anilines is 1. The van der Waals surface area contributed by atoms with Crippen molar-refractivity contribution in [2.75, 3.05) is 11.4 Å². The van der Waals surface area contributed by atoms with Gasteiger partial charge in [0.25, 0.3) is 0 Å². The molecule has 1 aliphatic rings. The first-order chi connectivity index (χ1) is 9.28. The zero-order valence-corrected chi connectivity index (χ0v) is 11.5. The minimum Gasteiger partial charge on any atom is -0.366 e. The van der Waals surface area contributed by atoms with Crippen LogP contribution in [0.1, 0.15) is 16.7 Å². The molecule has 96 valence electrons. The van der Waals surface area contributed by atoms with Crippen molar-refractivity contribution >= 4 is 23.4 Å². The number of rotatable bonds is 2. The van der Waals surface area contributed by atoms with Crippen molar-refractivity contribution in [3.8, 4) is 0 Å². The molecule has 0 spiro atoms. The second kappa shape index (κ2) is 5.10. The summed E-state index contributed by atoms with van der Waals surface area (Å²) >= 11 is 6.13. The molecule has 19 heavy (non-hydrogen) atoms. The monoisotopic (exact) mass is 269 g/mol. The summed E-state index contributed by atoms with van der Waals surface area (Å²) in [7, 11) is 0. The van der Waals surface area contributed by atoms with E-state index in [1.807, 2.05) is 24.3 Å². The Kier molecular flexibility index (Phi) is 3.31. The predicted octanol–water partition coefficient (Wildman–Crippen LogP) is 4.55. The number of halogens is 1. The van der Waals surface area contributed by atoms with Crippen molar-refractivity contribution in [2.45, 2.75) is 13.0 Å². The fourth-order valence-corrected chi connectivity index (χ4v) is 2.83. The highest BCUT2D eigenvalue weighted by atomic mass is 35.5. The molecule has 0 saturated carbocycles. The molecule has 0 radical (unpaired) electrons. The van der Waals surface area contributed by atoms with Crippen LogP contribution in [0.25, 0.3) is 6.08 Å². The van der Waals surface area contributed by atoms with Crippen LogP contribution in [0.2, 0.25) is 5.02 Å². The molecule has 0 aromatic heterocycles. The van der Waals surface area contributed by atoms with Crippen molar-refractivity contribution in [1.29, 1.82) is 0 Å². The van der Waals surface area contributed by atoms with Gasteiger partial charge in [0.05, 0.1) is 0 Å². The molecule has 3 rings (SSSR count). The van der Waals surface area contributed by atoms with Gasteiger partial charge in [0.15, 0.2) is 0 Å². The number of hydrogen-bond donors (Lipinski definition) is 0. The Balaban J connectivity index is 1.97. The number of fused-ring (bicyclic) bond motifs is 1. The minimum absolute atomic E-state index is 0.777. The highest BCUT2D eigenvalue weighted by Crippen LogP contribution is 2.30. The zero-order valence-electron chi connectivity index (χ0n) is 10.8. The van der Waals surface area contributed by atoms with Crippen LogP contribution in [0.15, 0.2) is 49.0 Å². The molecule has 0 atom stereocenters. The quantitative estimate of drug-likeness (QED) is 0.773. The lowest BCUT2D eigenvalue weighted by Gasteiger charge is -2.32. The average molecular weight is 270 g/mol. The molecule has 0 fully saturated rings. The van der Waals surface area contributed by atoms with Gasteiger partial charge >= 0.3 is 0 Å². The fourth-order valence-electron chi connectivity index (χ4n) is 2.66. The van der Waals surface area contributed by atoms with Crippen molar-refractivity contribution in [2.24, 2.45) is 0 Å². The topological polar surface area (TPSA) is 3.24 Å². The van der Waals surface area contributed by atoms with Gasteiger partial charge < -0.3 is 4.90 Å². The summed E-state index contributed by atoms with van der Waals surface area (Å²) in [5.41, 5.74) is 5.19.